The van der Waals surface area contributed by atoms with E-state index in [0.29, 0.717) is 27.5 Å². The molecule has 0 radical (unpaired) electrons. The topological polar surface area (TPSA) is 126 Å². The molecule has 1 amide bonds. The lowest BCUT2D eigenvalue weighted by atomic mass is 10.00. The number of aliphatic carboxylic acids is 2. The summed E-state index contributed by atoms with van der Waals surface area (Å²) in [6, 6.07) is 20.4. The number of nitrogens with zero attached hydrogens (tertiary/aromatic N) is 2. The predicted octanol–water partition coefficient (Wildman–Crippen LogP) is 4.10. The fourth-order valence-electron chi connectivity index (χ4n) is 3.43. The Labute approximate surface area is 210 Å². The predicted molar refractivity (Wildman–Crippen MR) is 133 cm³/mol. The molecule has 4 rings (SSSR count). The van der Waals surface area contributed by atoms with Gasteiger partial charge >= 0.3 is 11.9 Å². The first-order valence-corrected chi connectivity index (χ1v) is 11.0. The fourth-order valence-corrected chi connectivity index (χ4v) is 3.61. The highest BCUT2D eigenvalue weighted by Gasteiger charge is 2.32. The van der Waals surface area contributed by atoms with E-state index in [1.807, 2.05) is 30.3 Å². The SMILES string of the molecule is O=C(O)COc1ccc(/C=C2\C(=O)N(c3cccc(Cl)c3)N=C2c2ccccc2)cc1OCC(=O)O. The van der Waals surface area contributed by atoms with Crippen molar-refractivity contribution in [2.75, 3.05) is 18.2 Å². The van der Waals surface area contributed by atoms with Crippen LogP contribution in [-0.4, -0.2) is 47.0 Å². The Morgan fingerprint density at radius 1 is 0.889 bits per heavy atom. The zero-order valence-electron chi connectivity index (χ0n) is 18.6. The number of amides is 1. The molecule has 0 fully saturated rings. The van der Waals surface area contributed by atoms with Crippen LogP contribution in [0.15, 0.2) is 83.5 Å². The van der Waals surface area contributed by atoms with Crippen molar-refractivity contribution in [3.05, 3.63) is 94.5 Å². The summed E-state index contributed by atoms with van der Waals surface area (Å²) in [5, 5.41) is 24.1. The first kappa shape index (κ1) is 24.5. The molecule has 1 heterocycles. The van der Waals surface area contributed by atoms with E-state index in [1.54, 1.807) is 36.4 Å². The van der Waals surface area contributed by atoms with E-state index in [0.717, 1.165) is 0 Å². The smallest absolute Gasteiger partial charge is 0.341 e. The highest BCUT2D eigenvalue weighted by atomic mass is 35.5. The summed E-state index contributed by atoms with van der Waals surface area (Å²) in [6.45, 7) is -1.30. The van der Waals surface area contributed by atoms with E-state index in [4.69, 9.17) is 31.3 Å². The molecule has 182 valence electrons. The molecule has 1 aliphatic heterocycles. The summed E-state index contributed by atoms with van der Waals surface area (Å²) in [5.74, 6) is -2.74. The van der Waals surface area contributed by atoms with E-state index < -0.39 is 31.1 Å². The van der Waals surface area contributed by atoms with Crippen molar-refractivity contribution in [1.82, 2.24) is 0 Å². The summed E-state index contributed by atoms with van der Waals surface area (Å²) in [6.07, 6.45) is 1.59. The van der Waals surface area contributed by atoms with Crippen LogP contribution in [0.4, 0.5) is 5.69 Å². The maximum atomic E-state index is 13.5. The lowest BCUT2D eigenvalue weighted by molar-refractivity contribution is -0.140. The number of benzene rings is 3. The number of carbonyl (C=O) groups is 3. The van der Waals surface area contributed by atoms with Gasteiger partial charge in [-0.3, -0.25) is 4.79 Å². The Morgan fingerprint density at radius 3 is 2.25 bits per heavy atom. The molecule has 36 heavy (non-hydrogen) atoms. The first-order chi connectivity index (χ1) is 17.3. The molecule has 0 unspecified atom stereocenters. The Bertz CT molecular complexity index is 1390. The molecule has 0 atom stereocenters. The van der Waals surface area contributed by atoms with Gasteiger partial charge in [0, 0.05) is 10.6 Å². The quantitative estimate of drug-likeness (QED) is 0.418. The highest BCUT2D eigenvalue weighted by Crippen LogP contribution is 2.32. The summed E-state index contributed by atoms with van der Waals surface area (Å²) >= 11 is 6.11. The van der Waals surface area contributed by atoms with E-state index in [9.17, 15) is 14.4 Å². The normalized spacial score (nSPS) is 14.0. The van der Waals surface area contributed by atoms with Gasteiger partial charge in [-0.1, -0.05) is 54.1 Å². The van der Waals surface area contributed by atoms with Crippen LogP contribution < -0.4 is 14.5 Å². The summed E-state index contributed by atoms with van der Waals surface area (Å²) in [4.78, 5) is 35.3. The van der Waals surface area contributed by atoms with Crippen molar-refractivity contribution in [3.63, 3.8) is 0 Å². The molecule has 0 aromatic heterocycles. The van der Waals surface area contributed by atoms with Gasteiger partial charge < -0.3 is 19.7 Å². The number of hydrogen-bond acceptors (Lipinski definition) is 6. The third-order valence-corrected chi connectivity index (χ3v) is 5.19. The molecular weight excluding hydrogens is 488 g/mol. The lowest BCUT2D eigenvalue weighted by Crippen LogP contribution is -2.21. The first-order valence-electron chi connectivity index (χ1n) is 10.6. The van der Waals surface area contributed by atoms with Gasteiger partial charge in [0.25, 0.3) is 5.91 Å². The Kier molecular flexibility index (Phi) is 7.31. The summed E-state index contributed by atoms with van der Waals surface area (Å²) in [5.41, 5.74) is 2.40. The molecule has 9 nitrogen and oxygen atoms in total. The number of halogens is 1. The molecule has 0 aliphatic carbocycles. The second kappa shape index (κ2) is 10.7. The van der Waals surface area contributed by atoms with Gasteiger partial charge in [0.1, 0.15) is 5.71 Å². The van der Waals surface area contributed by atoms with Gasteiger partial charge in [-0.15, -0.1) is 0 Å². The van der Waals surface area contributed by atoms with Crippen LogP contribution >= 0.6 is 11.6 Å². The Balaban J connectivity index is 1.75. The average Bonchev–Trinajstić information content (AvgIpc) is 3.18. The van der Waals surface area contributed by atoms with Crippen LogP contribution in [0.2, 0.25) is 5.02 Å². The number of ether oxygens (including phenoxy) is 2. The van der Waals surface area contributed by atoms with Gasteiger partial charge in [-0.05, 0) is 42.0 Å². The van der Waals surface area contributed by atoms with Crippen LogP contribution in [0, 0.1) is 0 Å². The molecule has 3 aromatic carbocycles. The van der Waals surface area contributed by atoms with Crippen molar-refractivity contribution >= 4 is 46.9 Å². The maximum absolute atomic E-state index is 13.5. The molecular formula is C26H19ClN2O7. The largest absolute Gasteiger partial charge is 0.479 e. The zero-order valence-corrected chi connectivity index (χ0v) is 19.4. The number of anilines is 1. The van der Waals surface area contributed by atoms with Gasteiger partial charge in [0.15, 0.2) is 24.7 Å². The average molecular weight is 507 g/mol. The minimum Gasteiger partial charge on any atom is -0.479 e. The second-order valence-corrected chi connectivity index (χ2v) is 7.98. The van der Waals surface area contributed by atoms with Crippen molar-refractivity contribution in [3.8, 4) is 11.5 Å². The summed E-state index contributed by atoms with van der Waals surface area (Å²) < 4.78 is 10.5. The van der Waals surface area contributed by atoms with Crippen molar-refractivity contribution in [2.45, 2.75) is 0 Å². The monoisotopic (exact) mass is 506 g/mol. The number of carboxylic acids is 2. The molecule has 2 N–H and O–H groups in total. The third-order valence-electron chi connectivity index (χ3n) is 4.96. The molecule has 0 spiro atoms. The van der Waals surface area contributed by atoms with Crippen molar-refractivity contribution in [1.29, 1.82) is 0 Å². The molecule has 0 bridgehead atoms. The fraction of sp³-hybridized carbons (Fsp3) is 0.0769. The van der Waals surface area contributed by atoms with E-state index in [-0.39, 0.29) is 17.1 Å². The van der Waals surface area contributed by atoms with Crippen molar-refractivity contribution < 1.29 is 34.1 Å². The van der Waals surface area contributed by atoms with Gasteiger partial charge in [0.05, 0.1) is 11.3 Å². The lowest BCUT2D eigenvalue weighted by Gasteiger charge is -2.12. The van der Waals surface area contributed by atoms with Crippen molar-refractivity contribution in [2.24, 2.45) is 5.10 Å². The molecule has 0 saturated heterocycles. The number of hydrogen-bond donors (Lipinski definition) is 2. The van der Waals surface area contributed by atoms with Crippen LogP contribution in [0.3, 0.4) is 0 Å². The number of carbonyl (C=O) groups excluding carboxylic acids is 1. The zero-order chi connectivity index (χ0) is 25.7. The molecule has 1 aliphatic rings. The van der Waals surface area contributed by atoms with Crippen LogP contribution in [0.5, 0.6) is 11.5 Å². The van der Waals surface area contributed by atoms with Crippen LogP contribution in [0.25, 0.3) is 6.08 Å². The molecule has 3 aromatic rings. The van der Waals surface area contributed by atoms with Gasteiger partial charge in [0.2, 0.25) is 0 Å². The minimum absolute atomic E-state index is 0.0170. The van der Waals surface area contributed by atoms with Gasteiger partial charge in [-0.2, -0.15) is 10.1 Å². The Morgan fingerprint density at radius 2 is 1.58 bits per heavy atom. The number of hydrazone groups is 1. The highest BCUT2D eigenvalue weighted by molar-refractivity contribution is 6.37. The molecule has 10 heteroatoms. The van der Waals surface area contributed by atoms with E-state index in [2.05, 4.69) is 5.10 Å². The second-order valence-electron chi connectivity index (χ2n) is 7.54. The maximum Gasteiger partial charge on any atom is 0.341 e. The van der Waals surface area contributed by atoms with Crippen LogP contribution in [0.1, 0.15) is 11.1 Å². The Hall–Kier alpha value is -4.63. The summed E-state index contributed by atoms with van der Waals surface area (Å²) in [7, 11) is 0. The standard InChI is InChI=1S/C26H19ClN2O7/c27-18-7-4-8-19(13-18)29-26(34)20(25(28-29)17-5-2-1-3-6-17)11-16-9-10-21(35-14-23(30)31)22(12-16)36-15-24(32)33/h1-13H,14-15H2,(H,30,31)(H,32,33)/b20-11-. The van der Waals surface area contributed by atoms with Gasteiger partial charge in [-0.25, -0.2) is 9.59 Å². The van der Waals surface area contributed by atoms with E-state index in [1.165, 1.54) is 17.1 Å². The van der Waals surface area contributed by atoms with E-state index >= 15 is 0 Å². The number of rotatable bonds is 9. The molecule has 0 saturated carbocycles. The van der Waals surface area contributed by atoms with Crippen LogP contribution in [-0.2, 0) is 14.4 Å². The number of carboxylic acid groups (broad SMARTS) is 2. The third kappa shape index (κ3) is 5.70. The minimum atomic E-state index is -1.22.